The summed E-state index contributed by atoms with van der Waals surface area (Å²) >= 11 is 0. The first-order valence-electron chi connectivity index (χ1n) is 6.56. The monoisotopic (exact) mass is 246 g/mol. The number of hydrogen-bond donors (Lipinski definition) is 1. The molecule has 1 fully saturated rings. The third kappa shape index (κ3) is 2.72. The van der Waals surface area contributed by atoms with Gasteiger partial charge in [-0.25, -0.2) is 0 Å². The SMILES string of the molecule is Cc1ccc(C2(CC(N)=O)CCN(C)CC2)cc1. The van der Waals surface area contributed by atoms with Gasteiger partial charge < -0.3 is 10.6 Å². The number of benzene rings is 1. The predicted molar refractivity (Wildman–Crippen MR) is 73.4 cm³/mol. The minimum absolute atomic E-state index is 0.0496. The molecule has 0 unspecified atom stereocenters. The highest BCUT2D eigenvalue weighted by atomic mass is 16.1. The van der Waals surface area contributed by atoms with E-state index in [0.29, 0.717) is 6.42 Å². The second-order valence-electron chi connectivity index (χ2n) is 5.59. The van der Waals surface area contributed by atoms with Crippen LogP contribution in [-0.2, 0) is 10.2 Å². The van der Waals surface area contributed by atoms with Crippen molar-refractivity contribution in [2.24, 2.45) is 5.73 Å². The number of likely N-dealkylation sites (tertiary alicyclic amines) is 1. The summed E-state index contributed by atoms with van der Waals surface area (Å²) in [6.45, 7) is 4.14. The normalized spacial score (nSPS) is 19.7. The Morgan fingerprint density at radius 1 is 1.28 bits per heavy atom. The summed E-state index contributed by atoms with van der Waals surface area (Å²) in [4.78, 5) is 13.7. The number of nitrogens with two attached hydrogens (primary N) is 1. The van der Waals surface area contributed by atoms with E-state index in [0.717, 1.165) is 25.9 Å². The molecule has 0 spiro atoms. The van der Waals surface area contributed by atoms with Crippen molar-refractivity contribution in [1.29, 1.82) is 0 Å². The van der Waals surface area contributed by atoms with E-state index < -0.39 is 0 Å². The lowest BCUT2D eigenvalue weighted by atomic mass is 9.70. The van der Waals surface area contributed by atoms with Crippen LogP contribution in [0.3, 0.4) is 0 Å². The van der Waals surface area contributed by atoms with Gasteiger partial charge in [-0.3, -0.25) is 4.79 Å². The Kier molecular flexibility index (Phi) is 3.71. The number of aryl methyl sites for hydroxylation is 1. The zero-order chi connectivity index (χ0) is 13.2. The summed E-state index contributed by atoms with van der Waals surface area (Å²) in [6.07, 6.45) is 2.48. The number of carbonyl (C=O) groups is 1. The van der Waals surface area contributed by atoms with E-state index in [4.69, 9.17) is 5.73 Å². The Morgan fingerprint density at radius 3 is 2.33 bits per heavy atom. The fourth-order valence-electron chi connectivity index (χ4n) is 2.85. The molecule has 0 aliphatic carbocycles. The van der Waals surface area contributed by atoms with Crippen LogP contribution in [-0.4, -0.2) is 30.9 Å². The van der Waals surface area contributed by atoms with Crippen LogP contribution >= 0.6 is 0 Å². The van der Waals surface area contributed by atoms with Gasteiger partial charge >= 0.3 is 0 Å². The molecule has 1 aromatic carbocycles. The van der Waals surface area contributed by atoms with Gasteiger partial charge in [-0.2, -0.15) is 0 Å². The zero-order valence-corrected chi connectivity index (χ0v) is 11.3. The third-order valence-electron chi connectivity index (χ3n) is 4.12. The molecule has 1 heterocycles. The Hall–Kier alpha value is -1.35. The molecule has 18 heavy (non-hydrogen) atoms. The maximum atomic E-state index is 11.4. The molecule has 3 nitrogen and oxygen atoms in total. The zero-order valence-electron chi connectivity index (χ0n) is 11.3. The molecule has 2 N–H and O–H groups in total. The molecule has 0 aromatic heterocycles. The molecule has 0 atom stereocenters. The summed E-state index contributed by atoms with van der Waals surface area (Å²) in [7, 11) is 2.13. The third-order valence-corrected chi connectivity index (χ3v) is 4.12. The number of primary amides is 1. The number of amides is 1. The van der Waals surface area contributed by atoms with Crippen molar-refractivity contribution >= 4 is 5.91 Å². The lowest BCUT2D eigenvalue weighted by Gasteiger charge is -2.40. The van der Waals surface area contributed by atoms with E-state index >= 15 is 0 Å². The number of piperidine rings is 1. The first kappa shape index (κ1) is 13.1. The quantitative estimate of drug-likeness (QED) is 0.884. The Morgan fingerprint density at radius 2 is 1.83 bits per heavy atom. The molecule has 1 aromatic rings. The van der Waals surface area contributed by atoms with Crippen molar-refractivity contribution in [3.05, 3.63) is 35.4 Å². The van der Waals surface area contributed by atoms with E-state index in [-0.39, 0.29) is 11.3 Å². The maximum Gasteiger partial charge on any atom is 0.218 e. The first-order chi connectivity index (χ1) is 8.52. The smallest absolute Gasteiger partial charge is 0.218 e. The highest BCUT2D eigenvalue weighted by Crippen LogP contribution is 2.38. The Labute approximate surface area is 109 Å². The van der Waals surface area contributed by atoms with Crippen molar-refractivity contribution < 1.29 is 4.79 Å². The topological polar surface area (TPSA) is 46.3 Å². The lowest BCUT2D eigenvalue weighted by Crippen LogP contribution is -2.43. The molecule has 1 aliphatic heterocycles. The summed E-state index contributed by atoms with van der Waals surface area (Å²) in [6, 6.07) is 8.56. The van der Waals surface area contributed by atoms with Gasteiger partial charge in [-0.05, 0) is 45.5 Å². The van der Waals surface area contributed by atoms with Crippen LogP contribution < -0.4 is 5.73 Å². The summed E-state index contributed by atoms with van der Waals surface area (Å²) < 4.78 is 0. The van der Waals surface area contributed by atoms with Crippen LogP contribution in [0.25, 0.3) is 0 Å². The van der Waals surface area contributed by atoms with Gasteiger partial charge in [-0.1, -0.05) is 29.8 Å². The predicted octanol–water partition coefficient (Wildman–Crippen LogP) is 1.83. The minimum Gasteiger partial charge on any atom is -0.370 e. The maximum absolute atomic E-state index is 11.4. The van der Waals surface area contributed by atoms with Gasteiger partial charge in [0.25, 0.3) is 0 Å². The average molecular weight is 246 g/mol. The summed E-state index contributed by atoms with van der Waals surface area (Å²) in [5.74, 6) is -0.194. The van der Waals surface area contributed by atoms with Crippen molar-refractivity contribution in [3.8, 4) is 0 Å². The van der Waals surface area contributed by atoms with Crippen molar-refractivity contribution in [2.75, 3.05) is 20.1 Å². The minimum atomic E-state index is -0.194. The van der Waals surface area contributed by atoms with E-state index in [2.05, 4.69) is 43.1 Å². The van der Waals surface area contributed by atoms with Crippen LogP contribution in [0.5, 0.6) is 0 Å². The van der Waals surface area contributed by atoms with Gasteiger partial charge in [0.15, 0.2) is 0 Å². The van der Waals surface area contributed by atoms with Gasteiger partial charge in [0.05, 0.1) is 0 Å². The Bertz CT molecular complexity index is 417. The summed E-state index contributed by atoms with van der Waals surface area (Å²) in [5.41, 5.74) is 7.92. The standard InChI is InChI=1S/C15H22N2O/c1-12-3-5-13(6-4-12)15(11-14(16)18)7-9-17(2)10-8-15/h3-6H,7-11H2,1-2H3,(H2,16,18). The molecular formula is C15H22N2O. The van der Waals surface area contributed by atoms with Crippen LogP contribution in [0.2, 0.25) is 0 Å². The Balaban J connectivity index is 2.29. The molecule has 98 valence electrons. The first-order valence-corrected chi connectivity index (χ1v) is 6.56. The lowest BCUT2D eigenvalue weighted by molar-refractivity contribution is -0.119. The second-order valence-corrected chi connectivity index (χ2v) is 5.59. The van der Waals surface area contributed by atoms with Crippen molar-refractivity contribution in [2.45, 2.75) is 31.6 Å². The van der Waals surface area contributed by atoms with E-state index in [1.807, 2.05) is 0 Å². The van der Waals surface area contributed by atoms with Gasteiger partial charge in [-0.15, -0.1) is 0 Å². The number of rotatable bonds is 3. The molecule has 0 saturated carbocycles. The van der Waals surface area contributed by atoms with Gasteiger partial charge in [0, 0.05) is 11.8 Å². The van der Waals surface area contributed by atoms with Gasteiger partial charge in [0.2, 0.25) is 5.91 Å². The number of hydrogen-bond acceptors (Lipinski definition) is 2. The number of nitrogens with zero attached hydrogens (tertiary/aromatic N) is 1. The summed E-state index contributed by atoms with van der Waals surface area (Å²) in [5, 5.41) is 0. The van der Waals surface area contributed by atoms with E-state index in [1.54, 1.807) is 0 Å². The van der Waals surface area contributed by atoms with Crippen LogP contribution in [0.15, 0.2) is 24.3 Å². The molecule has 2 rings (SSSR count). The molecule has 3 heteroatoms. The van der Waals surface area contributed by atoms with Crippen LogP contribution in [0.4, 0.5) is 0 Å². The fourth-order valence-corrected chi connectivity index (χ4v) is 2.85. The number of carbonyl (C=O) groups excluding carboxylic acids is 1. The molecule has 1 aliphatic rings. The fraction of sp³-hybridized carbons (Fsp3) is 0.533. The largest absolute Gasteiger partial charge is 0.370 e. The molecule has 0 bridgehead atoms. The average Bonchev–Trinajstić information content (AvgIpc) is 2.33. The van der Waals surface area contributed by atoms with E-state index in [1.165, 1.54) is 11.1 Å². The van der Waals surface area contributed by atoms with Gasteiger partial charge in [0.1, 0.15) is 0 Å². The molecular weight excluding hydrogens is 224 g/mol. The molecule has 0 radical (unpaired) electrons. The highest BCUT2D eigenvalue weighted by Gasteiger charge is 2.36. The highest BCUT2D eigenvalue weighted by molar-refractivity contribution is 5.75. The van der Waals surface area contributed by atoms with Crippen molar-refractivity contribution in [3.63, 3.8) is 0 Å². The van der Waals surface area contributed by atoms with Crippen LogP contribution in [0.1, 0.15) is 30.4 Å². The van der Waals surface area contributed by atoms with Crippen molar-refractivity contribution in [1.82, 2.24) is 4.90 Å². The molecule has 1 amide bonds. The second kappa shape index (κ2) is 5.11. The van der Waals surface area contributed by atoms with Crippen LogP contribution in [0, 0.1) is 6.92 Å². The molecule has 1 saturated heterocycles. The van der Waals surface area contributed by atoms with E-state index in [9.17, 15) is 4.79 Å².